The van der Waals surface area contributed by atoms with Crippen LogP contribution in [-0.2, 0) is 15.7 Å². The summed E-state index contributed by atoms with van der Waals surface area (Å²) in [6, 6.07) is 2.39. The monoisotopic (exact) mass is 492 g/mol. The van der Waals surface area contributed by atoms with Gasteiger partial charge in [0, 0.05) is 7.11 Å². The minimum atomic E-state index is -4.88. The fraction of sp³-hybridized carbons (Fsp3) is 0.267. The van der Waals surface area contributed by atoms with Crippen LogP contribution in [0.4, 0.5) is 32.2 Å². The summed E-state index contributed by atoms with van der Waals surface area (Å²) >= 11 is 11.0. The van der Waals surface area contributed by atoms with Crippen LogP contribution in [0.1, 0.15) is 11.3 Å². The Kier molecular flexibility index (Phi) is 7.18. The maximum absolute atomic E-state index is 13.0. The molecule has 162 valence electrons. The van der Waals surface area contributed by atoms with Gasteiger partial charge in [0.2, 0.25) is 0 Å². The third kappa shape index (κ3) is 5.51. The smallest absolute Gasteiger partial charge is 0.375 e. The molecule has 1 amide bonds. The van der Waals surface area contributed by atoms with Gasteiger partial charge in [-0.05, 0) is 23.9 Å². The molecule has 0 saturated carbocycles. The molecule has 0 fully saturated rings. The molecule has 0 spiro atoms. The number of aromatic nitrogens is 2. The van der Waals surface area contributed by atoms with Crippen molar-refractivity contribution in [2.24, 2.45) is 0 Å². The van der Waals surface area contributed by atoms with Crippen LogP contribution in [0.15, 0.2) is 17.0 Å². The summed E-state index contributed by atoms with van der Waals surface area (Å²) in [5.41, 5.74) is -7.33. The number of halogens is 8. The Morgan fingerprint density at radius 2 is 1.83 bits per heavy atom. The average Bonchev–Trinajstić information content (AvgIpc) is 2.89. The highest BCUT2D eigenvalue weighted by Gasteiger charge is 2.37. The number of thioether (sulfide) groups is 1. The van der Waals surface area contributed by atoms with Crippen LogP contribution >= 0.6 is 35.0 Å². The highest BCUT2D eigenvalue weighted by Crippen LogP contribution is 2.45. The zero-order valence-electron chi connectivity index (χ0n) is 14.5. The Labute approximate surface area is 178 Å². The number of rotatable bonds is 5. The summed E-state index contributed by atoms with van der Waals surface area (Å²) in [6.45, 7) is -0.572. The molecule has 2 rings (SSSR count). The summed E-state index contributed by atoms with van der Waals surface area (Å²) in [6.07, 6.45) is -4.81. The lowest BCUT2D eigenvalue weighted by Gasteiger charge is -2.15. The number of nitrogens with zero attached hydrogens (tertiary/aromatic N) is 3. The standard InChI is InChI=1S/C15H8Cl2F6N4O2S/c1-29-5-10(28)25-13-12(30-15(21,22)23)9(4-24)26-27(13)11-7(16)2-6(3-8(11)17)14(18,19)20/h2-3H,5H2,1H3,(H,25,28). The van der Waals surface area contributed by atoms with Gasteiger partial charge in [-0.1, -0.05) is 23.2 Å². The van der Waals surface area contributed by atoms with Crippen molar-refractivity contribution in [1.29, 1.82) is 5.26 Å². The summed E-state index contributed by atoms with van der Waals surface area (Å²) in [4.78, 5) is 11.1. The van der Waals surface area contributed by atoms with Crippen LogP contribution in [0.3, 0.4) is 0 Å². The second kappa shape index (κ2) is 8.93. The van der Waals surface area contributed by atoms with Crippen molar-refractivity contribution in [2.75, 3.05) is 19.0 Å². The number of amides is 1. The fourth-order valence-electron chi connectivity index (χ4n) is 2.19. The Hall–Kier alpha value is -2.14. The first-order chi connectivity index (χ1) is 13.8. The number of nitrogens with one attached hydrogen (secondary N) is 1. The van der Waals surface area contributed by atoms with E-state index in [0.29, 0.717) is 16.8 Å². The Balaban J connectivity index is 2.76. The van der Waals surface area contributed by atoms with Crippen LogP contribution in [0.2, 0.25) is 10.0 Å². The van der Waals surface area contributed by atoms with Gasteiger partial charge in [-0.2, -0.15) is 36.7 Å². The maximum atomic E-state index is 13.0. The number of alkyl halides is 6. The lowest BCUT2D eigenvalue weighted by atomic mass is 10.2. The average molecular weight is 493 g/mol. The second-order valence-electron chi connectivity index (χ2n) is 5.37. The van der Waals surface area contributed by atoms with Crippen molar-refractivity contribution in [3.63, 3.8) is 0 Å². The van der Waals surface area contributed by atoms with Crippen LogP contribution < -0.4 is 5.32 Å². The molecule has 2 aromatic rings. The molecular formula is C15H8Cl2F6N4O2S. The van der Waals surface area contributed by atoms with Gasteiger partial charge in [0.15, 0.2) is 11.5 Å². The van der Waals surface area contributed by atoms with Gasteiger partial charge in [0.05, 0.1) is 20.5 Å². The number of hydrogen-bond acceptors (Lipinski definition) is 5. The Bertz CT molecular complexity index is 993. The molecule has 0 aliphatic heterocycles. The summed E-state index contributed by atoms with van der Waals surface area (Å²) in [5, 5.41) is 13.6. The molecule has 1 aromatic heterocycles. The van der Waals surface area contributed by atoms with Crippen LogP contribution in [-0.4, -0.2) is 34.9 Å². The van der Waals surface area contributed by atoms with Crippen molar-refractivity contribution < 1.29 is 35.9 Å². The predicted octanol–water partition coefficient (Wildman–Crippen LogP) is 5.27. The third-order valence-electron chi connectivity index (χ3n) is 3.25. The topological polar surface area (TPSA) is 79.9 Å². The molecule has 0 unspecified atom stereocenters. The van der Waals surface area contributed by atoms with Crippen molar-refractivity contribution >= 4 is 46.7 Å². The second-order valence-corrected chi connectivity index (χ2v) is 7.25. The van der Waals surface area contributed by atoms with E-state index in [4.69, 9.17) is 28.5 Å². The van der Waals surface area contributed by atoms with E-state index >= 15 is 0 Å². The number of carbonyl (C=O) groups is 1. The molecule has 0 saturated heterocycles. The van der Waals surface area contributed by atoms with Crippen molar-refractivity contribution in [3.8, 4) is 11.8 Å². The third-order valence-corrected chi connectivity index (χ3v) is 4.65. The summed E-state index contributed by atoms with van der Waals surface area (Å²) in [5.74, 6) is -1.59. The van der Waals surface area contributed by atoms with Gasteiger partial charge < -0.3 is 10.1 Å². The van der Waals surface area contributed by atoms with E-state index in [0.717, 1.165) is 7.11 Å². The van der Waals surface area contributed by atoms with Crippen molar-refractivity contribution in [3.05, 3.63) is 33.4 Å². The van der Waals surface area contributed by atoms with Crippen LogP contribution in [0, 0.1) is 11.3 Å². The molecule has 1 N–H and O–H groups in total. The minimum absolute atomic E-state index is 0.468. The lowest BCUT2D eigenvalue weighted by Crippen LogP contribution is -2.20. The zero-order valence-corrected chi connectivity index (χ0v) is 16.8. The number of carbonyl (C=O) groups excluding carboxylic acids is 1. The highest BCUT2D eigenvalue weighted by atomic mass is 35.5. The molecular weight excluding hydrogens is 485 g/mol. The number of nitriles is 1. The van der Waals surface area contributed by atoms with Gasteiger partial charge in [-0.15, -0.1) is 0 Å². The molecule has 1 aromatic carbocycles. The summed E-state index contributed by atoms with van der Waals surface area (Å²) in [7, 11) is 1.15. The van der Waals surface area contributed by atoms with Gasteiger partial charge in [0.25, 0.3) is 5.91 Å². The van der Waals surface area contributed by atoms with E-state index in [1.807, 2.05) is 0 Å². The molecule has 0 aliphatic carbocycles. The zero-order chi connectivity index (χ0) is 22.9. The fourth-order valence-corrected chi connectivity index (χ4v) is 3.49. The number of hydrogen-bond donors (Lipinski definition) is 1. The van der Waals surface area contributed by atoms with Crippen LogP contribution in [0.25, 0.3) is 5.69 Å². The molecule has 0 radical (unpaired) electrons. The molecule has 15 heteroatoms. The molecule has 0 bridgehead atoms. The number of ether oxygens (including phenoxy) is 1. The largest absolute Gasteiger partial charge is 0.446 e. The summed E-state index contributed by atoms with van der Waals surface area (Å²) < 4.78 is 82.9. The van der Waals surface area contributed by atoms with Crippen molar-refractivity contribution in [2.45, 2.75) is 16.6 Å². The molecule has 0 aliphatic rings. The van der Waals surface area contributed by atoms with Gasteiger partial charge in [-0.3, -0.25) is 4.79 Å². The maximum Gasteiger partial charge on any atom is 0.446 e. The van der Waals surface area contributed by atoms with Crippen molar-refractivity contribution in [1.82, 2.24) is 9.78 Å². The minimum Gasteiger partial charge on any atom is -0.375 e. The molecule has 30 heavy (non-hydrogen) atoms. The first kappa shape index (κ1) is 24.1. The highest BCUT2D eigenvalue weighted by molar-refractivity contribution is 8.00. The molecule has 1 heterocycles. The SMILES string of the molecule is COCC(=O)Nc1c(SC(F)(F)F)c(C#N)nn1-c1c(Cl)cc(C(F)(F)F)cc1Cl. The number of benzene rings is 1. The van der Waals surface area contributed by atoms with Gasteiger partial charge in [-0.25, -0.2) is 4.68 Å². The quantitative estimate of drug-likeness (QED) is 0.454. The van der Waals surface area contributed by atoms with Gasteiger partial charge in [0.1, 0.15) is 18.4 Å². The predicted molar refractivity (Wildman–Crippen MR) is 95.7 cm³/mol. The van der Waals surface area contributed by atoms with Gasteiger partial charge >= 0.3 is 11.7 Å². The normalized spacial score (nSPS) is 12.0. The van der Waals surface area contributed by atoms with E-state index in [2.05, 4.69) is 15.2 Å². The van der Waals surface area contributed by atoms with E-state index in [1.165, 1.54) is 6.07 Å². The van der Waals surface area contributed by atoms with E-state index in [1.54, 1.807) is 0 Å². The lowest BCUT2D eigenvalue weighted by molar-refractivity contribution is -0.137. The Morgan fingerprint density at radius 1 is 1.27 bits per heavy atom. The Morgan fingerprint density at radius 3 is 2.27 bits per heavy atom. The van der Waals surface area contributed by atoms with Crippen LogP contribution in [0.5, 0.6) is 0 Å². The first-order valence-electron chi connectivity index (χ1n) is 7.42. The van der Waals surface area contributed by atoms with E-state index in [9.17, 15) is 31.1 Å². The number of methoxy groups -OCH3 is 1. The van der Waals surface area contributed by atoms with E-state index in [-0.39, 0.29) is 0 Å². The molecule has 0 atom stereocenters. The molecule has 6 nitrogen and oxygen atoms in total. The first-order valence-corrected chi connectivity index (χ1v) is 9.00. The van der Waals surface area contributed by atoms with E-state index < -0.39 is 73.7 Å². The number of anilines is 1.